The smallest absolute Gasteiger partial charge is 0.335 e. The zero-order valence-electron chi connectivity index (χ0n) is 23.4. The Labute approximate surface area is 252 Å². The van der Waals surface area contributed by atoms with Crippen LogP contribution in [0.2, 0.25) is 5.02 Å². The number of rotatable bonds is 9. The van der Waals surface area contributed by atoms with Crippen molar-refractivity contribution in [2.45, 2.75) is 44.3 Å². The van der Waals surface area contributed by atoms with Gasteiger partial charge in [-0.3, -0.25) is 4.90 Å². The van der Waals surface area contributed by atoms with Crippen LogP contribution in [0.3, 0.4) is 0 Å². The first-order valence-electron chi connectivity index (χ1n) is 14.4. The van der Waals surface area contributed by atoms with E-state index in [0.717, 1.165) is 48.8 Å². The molecular formula is C31H31ClFN5O5. The predicted molar refractivity (Wildman–Crippen MR) is 157 cm³/mol. The molecule has 3 fully saturated rings. The number of carbonyl (C=O) groups is 1. The highest BCUT2D eigenvalue weighted by Gasteiger charge is 2.42. The molecule has 0 bridgehead atoms. The highest BCUT2D eigenvalue weighted by Crippen LogP contribution is 2.31. The molecule has 224 valence electrons. The number of aromatic carboxylic acids is 1. The Balaban J connectivity index is 1.09. The van der Waals surface area contributed by atoms with Crippen LogP contribution in [0.4, 0.5) is 10.2 Å². The lowest BCUT2D eigenvalue weighted by Gasteiger charge is -2.44. The van der Waals surface area contributed by atoms with Crippen molar-refractivity contribution >= 4 is 34.4 Å². The Morgan fingerprint density at radius 3 is 2.74 bits per heavy atom. The van der Waals surface area contributed by atoms with Gasteiger partial charge in [0.1, 0.15) is 24.1 Å². The van der Waals surface area contributed by atoms with Crippen molar-refractivity contribution in [2.24, 2.45) is 0 Å². The van der Waals surface area contributed by atoms with Gasteiger partial charge in [0.15, 0.2) is 0 Å². The van der Waals surface area contributed by atoms with Crippen molar-refractivity contribution in [3.8, 4) is 5.88 Å². The van der Waals surface area contributed by atoms with E-state index in [9.17, 15) is 14.3 Å². The first-order chi connectivity index (χ1) is 20.9. The molecule has 43 heavy (non-hydrogen) atoms. The molecule has 1 N–H and O–H groups in total. The van der Waals surface area contributed by atoms with Gasteiger partial charge >= 0.3 is 5.97 Å². The second-order valence-corrected chi connectivity index (χ2v) is 11.6. The van der Waals surface area contributed by atoms with E-state index in [1.165, 1.54) is 6.07 Å². The fourth-order valence-corrected chi connectivity index (χ4v) is 6.26. The van der Waals surface area contributed by atoms with Gasteiger partial charge in [0.2, 0.25) is 5.88 Å². The number of benzene rings is 2. The summed E-state index contributed by atoms with van der Waals surface area (Å²) >= 11 is 5.87. The number of fused-ring (bicyclic) bond motifs is 2. The molecule has 2 aromatic carbocycles. The minimum atomic E-state index is -0.960. The van der Waals surface area contributed by atoms with E-state index in [2.05, 4.69) is 14.4 Å². The molecule has 7 rings (SSSR count). The predicted octanol–water partition coefficient (Wildman–Crippen LogP) is 4.38. The lowest BCUT2D eigenvalue weighted by atomic mass is 10.0. The van der Waals surface area contributed by atoms with Gasteiger partial charge in [-0.25, -0.2) is 14.2 Å². The van der Waals surface area contributed by atoms with Crippen LogP contribution < -0.4 is 9.64 Å². The van der Waals surface area contributed by atoms with Crippen LogP contribution in [-0.4, -0.2) is 81.6 Å². The first-order valence-corrected chi connectivity index (χ1v) is 14.8. The maximum Gasteiger partial charge on any atom is 0.335 e. The molecule has 3 atom stereocenters. The van der Waals surface area contributed by atoms with E-state index in [0.29, 0.717) is 42.8 Å². The number of nitrogens with zero attached hydrogens (tertiary/aromatic N) is 5. The van der Waals surface area contributed by atoms with Gasteiger partial charge in [-0.15, -0.1) is 0 Å². The lowest BCUT2D eigenvalue weighted by molar-refractivity contribution is -0.0592. The number of hydrogen-bond donors (Lipinski definition) is 1. The molecule has 3 saturated heterocycles. The summed E-state index contributed by atoms with van der Waals surface area (Å²) < 4.78 is 33.9. The highest BCUT2D eigenvalue weighted by atomic mass is 35.5. The standard InChI is InChI=1S/C31H31ClFN5O5/c32-21-6-4-20(23(33)13-21)16-43-30-3-1-2-28(35-30)37-10-9-36(26-17-41-18-27(26)37)15-29-34-24-7-5-19(31(39)40)12-25(24)38(29)14-22-8-11-42-22/h1-7,12-13,22,26-27H,8-11,14-18H2,(H,39,40)/t22-,26-,27+/m0/s1. The Bertz CT molecular complexity index is 1660. The number of piperazine rings is 1. The van der Waals surface area contributed by atoms with Gasteiger partial charge in [-0.1, -0.05) is 23.7 Å². The number of carboxylic acid groups (broad SMARTS) is 1. The van der Waals surface area contributed by atoms with Crippen molar-refractivity contribution < 1.29 is 28.5 Å². The molecule has 12 heteroatoms. The lowest BCUT2D eigenvalue weighted by Crippen LogP contribution is -2.59. The fourth-order valence-electron chi connectivity index (χ4n) is 6.11. The van der Waals surface area contributed by atoms with Crippen LogP contribution in [0.15, 0.2) is 54.6 Å². The highest BCUT2D eigenvalue weighted by molar-refractivity contribution is 6.30. The van der Waals surface area contributed by atoms with Crippen molar-refractivity contribution in [3.05, 3.63) is 82.4 Å². The van der Waals surface area contributed by atoms with E-state index < -0.39 is 11.8 Å². The number of pyridine rings is 1. The number of ether oxygens (including phenoxy) is 3. The van der Waals surface area contributed by atoms with Crippen LogP contribution >= 0.6 is 11.6 Å². The summed E-state index contributed by atoms with van der Waals surface area (Å²) in [6.07, 6.45) is 1.07. The van der Waals surface area contributed by atoms with Crippen molar-refractivity contribution in [1.29, 1.82) is 0 Å². The zero-order chi connectivity index (χ0) is 29.5. The fraction of sp³-hybridized carbons (Fsp3) is 0.387. The van der Waals surface area contributed by atoms with Gasteiger partial charge in [0.25, 0.3) is 0 Å². The van der Waals surface area contributed by atoms with Gasteiger partial charge in [-0.05, 0) is 42.8 Å². The number of carboxylic acids is 1. The Kier molecular flexibility index (Phi) is 7.64. The van der Waals surface area contributed by atoms with E-state index >= 15 is 0 Å². The Morgan fingerprint density at radius 2 is 1.95 bits per heavy atom. The molecular weight excluding hydrogens is 577 g/mol. The Morgan fingerprint density at radius 1 is 1.09 bits per heavy atom. The second-order valence-electron chi connectivity index (χ2n) is 11.1. The van der Waals surface area contributed by atoms with Crippen LogP contribution in [0.5, 0.6) is 5.88 Å². The molecule has 10 nitrogen and oxygen atoms in total. The third-order valence-corrected chi connectivity index (χ3v) is 8.75. The zero-order valence-corrected chi connectivity index (χ0v) is 24.1. The van der Waals surface area contributed by atoms with Gasteiger partial charge < -0.3 is 28.8 Å². The normalized spacial score (nSPS) is 22.0. The molecule has 0 spiro atoms. The minimum absolute atomic E-state index is 0.0449. The van der Waals surface area contributed by atoms with Crippen LogP contribution in [0.1, 0.15) is 28.2 Å². The number of halogens is 2. The van der Waals surface area contributed by atoms with E-state index in [1.807, 2.05) is 12.1 Å². The molecule has 4 aromatic rings. The monoisotopic (exact) mass is 607 g/mol. The van der Waals surface area contributed by atoms with Crippen LogP contribution in [0.25, 0.3) is 11.0 Å². The number of aromatic nitrogens is 3. The van der Waals surface area contributed by atoms with Gasteiger partial charge in [0, 0.05) is 36.3 Å². The molecule has 3 aliphatic rings. The summed E-state index contributed by atoms with van der Waals surface area (Å²) in [5, 5.41) is 9.91. The molecule has 0 unspecified atom stereocenters. The third-order valence-electron chi connectivity index (χ3n) is 8.51. The first kappa shape index (κ1) is 28.0. The molecule has 0 radical (unpaired) electrons. The largest absolute Gasteiger partial charge is 0.478 e. The topological polar surface area (TPSA) is 102 Å². The molecule has 0 amide bonds. The summed E-state index contributed by atoms with van der Waals surface area (Å²) in [7, 11) is 0. The summed E-state index contributed by atoms with van der Waals surface area (Å²) in [4.78, 5) is 26.0. The molecule has 5 heterocycles. The maximum atomic E-state index is 14.2. The number of anilines is 1. The molecule has 2 aromatic heterocycles. The van der Waals surface area contributed by atoms with E-state index in [1.54, 1.807) is 36.4 Å². The minimum Gasteiger partial charge on any atom is -0.478 e. The maximum absolute atomic E-state index is 14.2. The van der Waals surface area contributed by atoms with Crippen LogP contribution in [0, 0.1) is 5.82 Å². The van der Waals surface area contributed by atoms with E-state index in [4.69, 9.17) is 35.8 Å². The van der Waals surface area contributed by atoms with Gasteiger partial charge in [-0.2, -0.15) is 4.98 Å². The summed E-state index contributed by atoms with van der Waals surface area (Å²) in [5.41, 5.74) is 2.23. The van der Waals surface area contributed by atoms with Crippen molar-refractivity contribution in [3.63, 3.8) is 0 Å². The molecule has 0 aliphatic carbocycles. The van der Waals surface area contributed by atoms with Crippen molar-refractivity contribution in [1.82, 2.24) is 19.4 Å². The number of imidazole rings is 1. The second kappa shape index (κ2) is 11.7. The Hall–Kier alpha value is -3.77. The number of hydrogen-bond acceptors (Lipinski definition) is 8. The summed E-state index contributed by atoms with van der Waals surface area (Å²) in [6, 6.07) is 15.4. The third kappa shape index (κ3) is 5.65. The van der Waals surface area contributed by atoms with Crippen molar-refractivity contribution in [2.75, 3.05) is 37.8 Å². The van der Waals surface area contributed by atoms with Gasteiger partial charge in [0.05, 0.1) is 61.1 Å². The molecule has 3 aliphatic heterocycles. The van der Waals surface area contributed by atoms with E-state index in [-0.39, 0.29) is 30.4 Å². The summed E-state index contributed by atoms with van der Waals surface area (Å²) in [6.45, 7) is 4.67. The quantitative estimate of drug-likeness (QED) is 0.297. The molecule has 0 saturated carbocycles. The summed E-state index contributed by atoms with van der Waals surface area (Å²) in [5.74, 6) is 0.706. The average molecular weight is 608 g/mol. The SMILES string of the molecule is O=C(O)c1ccc2nc(CN3CCN(c4cccc(OCc5ccc(Cl)cc5F)n4)[C@@H]4COC[C@@H]43)n(C[C@@H]3CCO3)c2c1. The van der Waals surface area contributed by atoms with Crippen LogP contribution in [-0.2, 0) is 29.2 Å². The average Bonchev–Trinajstić information content (AvgIpc) is 3.60.